The molecule has 0 spiro atoms. The molecule has 1 aromatic heterocycles. The van der Waals surface area contributed by atoms with Crippen molar-refractivity contribution in [3.63, 3.8) is 0 Å². The SMILES string of the molecule is O=C(O)c1nc(Oc2ccccc2)sc1CO. The van der Waals surface area contributed by atoms with Crippen molar-refractivity contribution in [2.75, 3.05) is 0 Å². The van der Waals surface area contributed by atoms with E-state index in [2.05, 4.69) is 4.98 Å². The standard InChI is InChI=1S/C11H9NO4S/c13-6-8-9(10(14)15)12-11(17-8)16-7-4-2-1-3-5-7/h1-5,13H,6H2,(H,14,15). The van der Waals surface area contributed by atoms with Crippen LogP contribution in [0.2, 0.25) is 0 Å². The number of benzene rings is 1. The molecule has 17 heavy (non-hydrogen) atoms. The molecule has 0 atom stereocenters. The first kappa shape index (κ1) is 11.6. The predicted molar refractivity (Wildman–Crippen MR) is 61.5 cm³/mol. The van der Waals surface area contributed by atoms with Crippen LogP contribution < -0.4 is 4.74 Å². The van der Waals surface area contributed by atoms with Gasteiger partial charge in [-0.2, -0.15) is 4.98 Å². The molecule has 0 radical (unpaired) electrons. The summed E-state index contributed by atoms with van der Waals surface area (Å²) >= 11 is 1.02. The van der Waals surface area contributed by atoms with Gasteiger partial charge in [-0.3, -0.25) is 0 Å². The van der Waals surface area contributed by atoms with Crippen LogP contribution in [0.25, 0.3) is 0 Å². The third kappa shape index (κ3) is 2.61. The molecule has 0 aliphatic carbocycles. The van der Waals surface area contributed by atoms with Gasteiger partial charge in [-0.05, 0) is 12.1 Å². The fourth-order valence-electron chi connectivity index (χ4n) is 1.24. The van der Waals surface area contributed by atoms with E-state index in [1.165, 1.54) is 0 Å². The van der Waals surface area contributed by atoms with Gasteiger partial charge < -0.3 is 14.9 Å². The Labute approximate surface area is 101 Å². The van der Waals surface area contributed by atoms with Gasteiger partial charge >= 0.3 is 5.97 Å². The quantitative estimate of drug-likeness (QED) is 0.870. The van der Waals surface area contributed by atoms with E-state index in [9.17, 15) is 4.79 Å². The highest BCUT2D eigenvalue weighted by Gasteiger charge is 2.17. The summed E-state index contributed by atoms with van der Waals surface area (Å²) in [5.41, 5.74) is -0.163. The number of aromatic nitrogens is 1. The lowest BCUT2D eigenvalue weighted by Crippen LogP contribution is -2.00. The normalized spacial score (nSPS) is 10.2. The smallest absolute Gasteiger partial charge is 0.355 e. The minimum absolute atomic E-state index is 0.163. The van der Waals surface area contributed by atoms with Crippen molar-refractivity contribution in [1.82, 2.24) is 4.98 Å². The van der Waals surface area contributed by atoms with Gasteiger partial charge in [-0.25, -0.2) is 4.79 Å². The average molecular weight is 251 g/mol. The summed E-state index contributed by atoms with van der Waals surface area (Å²) in [5.74, 6) is -0.601. The minimum atomic E-state index is -1.17. The number of hydrogen-bond donors (Lipinski definition) is 2. The monoisotopic (exact) mass is 251 g/mol. The second-order valence-electron chi connectivity index (χ2n) is 3.13. The van der Waals surface area contributed by atoms with Crippen molar-refractivity contribution in [3.05, 3.63) is 40.9 Å². The molecule has 6 heteroatoms. The Morgan fingerprint density at radius 1 is 1.35 bits per heavy atom. The number of carboxylic acid groups (broad SMARTS) is 1. The van der Waals surface area contributed by atoms with Crippen molar-refractivity contribution in [2.24, 2.45) is 0 Å². The maximum atomic E-state index is 10.8. The fraction of sp³-hybridized carbons (Fsp3) is 0.0909. The zero-order valence-corrected chi connectivity index (χ0v) is 9.48. The van der Waals surface area contributed by atoms with Gasteiger partial charge in [-0.1, -0.05) is 29.5 Å². The number of carbonyl (C=O) groups is 1. The van der Waals surface area contributed by atoms with Gasteiger partial charge in [0, 0.05) is 0 Å². The Morgan fingerprint density at radius 2 is 2.06 bits per heavy atom. The molecule has 0 aliphatic heterocycles. The third-order valence-electron chi connectivity index (χ3n) is 1.97. The summed E-state index contributed by atoms with van der Waals surface area (Å²) in [6.45, 7) is -0.364. The summed E-state index contributed by atoms with van der Waals surface area (Å²) in [6, 6.07) is 8.92. The molecule has 0 amide bonds. The van der Waals surface area contributed by atoms with Gasteiger partial charge in [0.15, 0.2) is 5.69 Å². The Morgan fingerprint density at radius 3 is 2.59 bits per heavy atom. The van der Waals surface area contributed by atoms with Crippen molar-refractivity contribution in [3.8, 4) is 10.9 Å². The lowest BCUT2D eigenvalue weighted by atomic mass is 10.3. The summed E-state index contributed by atoms with van der Waals surface area (Å²) in [6.07, 6.45) is 0. The van der Waals surface area contributed by atoms with Gasteiger partial charge in [0.2, 0.25) is 0 Å². The van der Waals surface area contributed by atoms with Gasteiger partial charge in [0.05, 0.1) is 11.5 Å². The summed E-state index contributed by atoms with van der Waals surface area (Å²) in [7, 11) is 0. The molecule has 2 rings (SSSR count). The molecule has 0 saturated heterocycles. The fourth-order valence-corrected chi connectivity index (χ4v) is 2.02. The number of aromatic carboxylic acids is 1. The molecular formula is C11H9NO4S. The van der Waals surface area contributed by atoms with E-state index < -0.39 is 5.97 Å². The second-order valence-corrected chi connectivity index (χ2v) is 4.18. The zero-order chi connectivity index (χ0) is 12.3. The molecule has 0 fully saturated rings. The number of aliphatic hydroxyl groups excluding tert-OH is 1. The number of ether oxygens (including phenoxy) is 1. The molecule has 0 saturated carbocycles. The van der Waals surface area contributed by atoms with Gasteiger partial charge in [0.1, 0.15) is 5.75 Å². The van der Waals surface area contributed by atoms with Crippen LogP contribution in [-0.4, -0.2) is 21.2 Å². The van der Waals surface area contributed by atoms with Gasteiger partial charge in [-0.15, -0.1) is 0 Å². The Balaban J connectivity index is 2.26. The van der Waals surface area contributed by atoms with Crippen LogP contribution in [0.1, 0.15) is 15.4 Å². The third-order valence-corrected chi connectivity index (χ3v) is 2.89. The number of rotatable bonds is 4. The van der Waals surface area contributed by atoms with Crippen LogP contribution in [-0.2, 0) is 6.61 Å². The van der Waals surface area contributed by atoms with E-state index in [-0.39, 0.29) is 22.4 Å². The molecule has 0 aliphatic rings. The number of carboxylic acids is 1. The molecule has 2 N–H and O–H groups in total. The minimum Gasteiger partial charge on any atom is -0.476 e. The highest BCUT2D eigenvalue weighted by molar-refractivity contribution is 7.13. The first-order valence-corrected chi connectivity index (χ1v) is 5.59. The van der Waals surface area contributed by atoms with E-state index in [1.807, 2.05) is 6.07 Å². The van der Waals surface area contributed by atoms with Crippen LogP contribution in [0.4, 0.5) is 0 Å². The van der Waals surface area contributed by atoms with E-state index in [4.69, 9.17) is 14.9 Å². The van der Waals surface area contributed by atoms with Crippen LogP contribution in [0, 0.1) is 0 Å². The summed E-state index contributed by atoms with van der Waals surface area (Å²) < 4.78 is 5.38. The number of hydrogen-bond acceptors (Lipinski definition) is 5. The number of thiazole rings is 1. The highest BCUT2D eigenvalue weighted by Crippen LogP contribution is 2.29. The highest BCUT2D eigenvalue weighted by atomic mass is 32.1. The maximum Gasteiger partial charge on any atom is 0.355 e. The number of para-hydroxylation sites is 1. The van der Waals surface area contributed by atoms with Crippen LogP contribution in [0.15, 0.2) is 30.3 Å². The van der Waals surface area contributed by atoms with Crippen molar-refractivity contribution < 1.29 is 19.7 Å². The maximum absolute atomic E-state index is 10.8. The van der Waals surface area contributed by atoms with E-state index >= 15 is 0 Å². The van der Waals surface area contributed by atoms with E-state index in [0.29, 0.717) is 5.75 Å². The molecule has 0 unspecified atom stereocenters. The lowest BCUT2D eigenvalue weighted by Gasteiger charge is -1.99. The van der Waals surface area contributed by atoms with Crippen molar-refractivity contribution in [1.29, 1.82) is 0 Å². The topological polar surface area (TPSA) is 79.7 Å². The van der Waals surface area contributed by atoms with Gasteiger partial charge in [0.25, 0.3) is 5.19 Å². The average Bonchev–Trinajstić information content (AvgIpc) is 2.73. The Kier molecular flexibility index (Phi) is 3.36. The van der Waals surface area contributed by atoms with Crippen LogP contribution >= 0.6 is 11.3 Å². The summed E-state index contributed by atoms with van der Waals surface area (Å²) in [4.78, 5) is 14.9. The van der Waals surface area contributed by atoms with Crippen molar-refractivity contribution >= 4 is 17.3 Å². The molecule has 1 aromatic carbocycles. The van der Waals surface area contributed by atoms with Crippen LogP contribution in [0.3, 0.4) is 0 Å². The largest absolute Gasteiger partial charge is 0.476 e. The number of aliphatic hydroxyl groups is 1. The lowest BCUT2D eigenvalue weighted by molar-refractivity contribution is 0.0687. The Bertz CT molecular complexity index is 524. The molecule has 88 valence electrons. The predicted octanol–water partition coefficient (Wildman–Crippen LogP) is 2.13. The Hall–Kier alpha value is -1.92. The van der Waals surface area contributed by atoms with E-state index in [0.717, 1.165) is 11.3 Å². The molecule has 2 aromatic rings. The summed E-state index contributed by atoms with van der Waals surface area (Å²) in [5, 5.41) is 18.1. The van der Waals surface area contributed by atoms with Crippen molar-refractivity contribution in [2.45, 2.75) is 6.61 Å². The first-order valence-electron chi connectivity index (χ1n) is 4.77. The second kappa shape index (κ2) is 4.94. The van der Waals surface area contributed by atoms with E-state index in [1.54, 1.807) is 24.3 Å². The molecular weight excluding hydrogens is 242 g/mol. The molecule has 1 heterocycles. The molecule has 0 bridgehead atoms. The molecule has 5 nitrogen and oxygen atoms in total. The van der Waals surface area contributed by atoms with Crippen LogP contribution in [0.5, 0.6) is 10.9 Å². The zero-order valence-electron chi connectivity index (χ0n) is 8.66. The first-order chi connectivity index (χ1) is 8.20. The number of nitrogens with zero attached hydrogens (tertiary/aromatic N) is 1.